The Labute approximate surface area is 118 Å². The van der Waals surface area contributed by atoms with Gasteiger partial charge in [0.05, 0.1) is 5.56 Å². The molecular formula is C16H21F3O. The Morgan fingerprint density at radius 2 is 1.80 bits per heavy atom. The second-order valence-corrected chi connectivity index (χ2v) is 5.08. The van der Waals surface area contributed by atoms with E-state index >= 15 is 0 Å². The topological polar surface area (TPSA) is 17.1 Å². The molecule has 0 amide bonds. The van der Waals surface area contributed by atoms with Gasteiger partial charge >= 0.3 is 6.18 Å². The van der Waals surface area contributed by atoms with E-state index in [2.05, 4.69) is 6.92 Å². The first-order chi connectivity index (χ1) is 9.43. The summed E-state index contributed by atoms with van der Waals surface area (Å²) in [5, 5.41) is 0. The quantitative estimate of drug-likeness (QED) is 0.602. The van der Waals surface area contributed by atoms with Crippen LogP contribution in [-0.4, -0.2) is 5.78 Å². The Hall–Kier alpha value is -1.32. The molecular weight excluding hydrogens is 265 g/mol. The molecule has 0 fully saturated rings. The zero-order valence-electron chi connectivity index (χ0n) is 11.8. The Balaban J connectivity index is 2.42. The minimum absolute atomic E-state index is 0.0147. The minimum Gasteiger partial charge on any atom is -0.299 e. The van der Waals surface area contributed by atoms with E-state index in [4.69, 9.17) is 0 Å². The number of carbonyl (C=O) groups is 1. The highest BCUT2D eigenvalue weighted by atomic mass is 19.4. The van der Waals surface area contributed by atoms with Crippen LogP contribution in [-0.2, 0) is 17.4 Å². The van der Waals surface area contributed by atoms with Crippen LogP contribution in [0.4, 0.5) is 13.2 Å². The molecule has 0 N–H and O–H groups in total. The van der Waals surface area contributed by atoms with Gasteiger partial charge in [-0.15, -0.1) is 0 Å². The molecule has 0 unspecified atom stereocenters. The number of Topliss-reactive ketones (excluding diaryl/α,β-unsaturated/α-hetero) is 1. The zero-order chi connectivity index (χ0) is 15.0. The number of carbonyl (C=O) groups excluding carboxylic acids is 1. The smallest absolute Gasteiger partial charge is 0.299 e. The summed E-state index contributed by atoms with van der Waals surface area (Å²) in [4.78, 5) is 11.7. The number of rotatable bonds is 8. The molecule has 20 heavy (non-hydrogen) atoms. The summed E-state index contributed by atoms with van der Waals surface area (Å²) in [6.45, 7) is 2.12. The van der Waals surface area contributed by atoms with Crippen LogP contribution in [0.15, 0.2) is 24.3 Å². The Morgan fingerprint density at radius 3 is 2.45 bits per heavy atom. The third kappa shape index (κ3) is 6.22. The first-order valence-corrected chi connectivity index (χ1v) is 7.11. The van der Waals surface area contributed by atoms with Crippen molar-refractivity contribution in [2.24, 2.45) is 0 Å². The fourth-order valence-corrected chi connectivity index (χ4v) is 2.10. The normalized spacial score (nSPS) is 11.6. The number of hydrogen-bond acceptors (Lipinski definition) is 1. The van der Waals surface area contributed by atoms with Crippen molar-refractivity contribution < 1.29 is 18.0 Å². The lowest BCUT2D eigenvalue weighted by Crippen LogP contribution is -2.07. The molecule has 0 bridgehead atoms. The van der Waals surface area contributed by atoms with Crippen molar-refractivity contribution in [3.05, 3.63) is 35.4 Å². The first-order valence-electron chi connectivity index (χ1n) is 7.11. The molecule has 1 rings (SSSR count). The van der Waals surface area contributed by atoms with Crippen LogP contribution in [0.25, 0.3) is 0 Å². The molecule has 0 saturated heterocycles. The van der Waals surface area contributed by atoms with E-state index in [1.165, 1.54) is 12.5 Å². The second-order valence-electron chi connectivity index (χ2n) is 5.08. The highest BCUT2D eigenvalue weighted by Gasteiger charge is 2.30. The predicted molar refractivity (Wildman–Crippen MR) is 73.5 cm³/mol. The zero-order valence-corrected chi connectivity index (χ0v) is 11.8. The molecule has 0 aliphatic heterocycles. The van der Waals surface area contributed by atoms with Crippen molar-refractivity contribution in [1.82, 2.24) is 0 Å². The molecule has 0 radical (unpaired) electrons. The minimum atomic E-state index is -4.35. The molecule has 1 aromatic carbocycles. The van der Waals surface area contributed by atoms with Crippen LogP contribution in [0.2, 0.25) is 0 Å². The van der Waals surface area contributed by atoms with Gasteiger partial charge in [-0.2, -0.15) is 13.2 Å². The molecule has 0 aliphatic carbocycles. The lowest BCUT2D eigenvalue weighted by molar-refractivity contribution is -0.137. The van der Waals surface area contributed by atoms with E-state index in [0.29, 0.717) is 12.0 Å². The Kier molecular flexibility index (Phi) is 6.76. The average Bonchev–Trinajstić information content (AvgIpc) is 2.38. The van der Waals surface area contributed by atoms with E-state index in [1.807, 2.05) is 0 Å². The predicted octanol–water partition coefficient (Wildman–Crippen LogP) is 5.18. The molecule has 4 heteroatoms. The molecule has 0 saturated carbocycles. The number of halogens is 3. The van der Waals surface area contributed by atoms with Gasteiger partial charge in [0.25, 0.3) is 0 Å². The maximum absolute atomic E-state index is 12.5. The molecule has 0 aliphatic rings. The van der Waals surface area contributed by atoms with Crippen LogP contribution in [0.1, 0.15) is 56.6 Å². The van der Waals surface area contributed by atoms with Gasteiger partial charge in [-0.3, -0.25) is 4.79 Å². The highest BCUT2D eigenvalue weighted by molar-refractivity contribution is 5.80. The number of ketones is 1. The molecule has 0 atom stereocenters. The maximum Gasteiger partial charge on any atom is 0.416 e. The van der Waals surface area contributed by atoms with E-state index in [9.17, 15) is 18.0 Å². The largest absolute Gasteiger partial charge is 0.416 e. The fraction of sp³-hybridized carbons (Fsp3) is 0.562. The summed E-state index contributed by atoms with van der Waals surface area (Å²) in [5.41, 5.74) is -0.246. The summed E-state index contributed by atoms with van der Waals surface area (Å²) < 4.78 is 37.6. The summed E-state index contributed by atoms with van der Waals surface area (Å²) in [5.74, 6) is 0.0147. The van der Waals surface area contributed by atoms with Crippen LogP contribution in [0, 0.1) is 0 Å². The number of unbranched alkanes of at least 4 members (excludes halogenated alkanes) is 4. The van der Waals surface area contributed by atoms with Crippen LogP contribution in [0.3, 0.4) is 0 Å². The van der Waals surface area contributed by atoms with Crippen LogP contribution < -0.4 is 0 Å². The van der Waals surface area contributed by atoms with Gasteiger partial charge in [-0.25, -0.2) is 0 Å². The summed E-state index contributed by atoms with van der Waals surface area (Å²) in [6, 6.07) is 5.02. The SMILES string of the molecule is CCCCCCCC(=O)Cc1cccc(C(F)(F)F)c1. The van der Waals surface area contributed by atoms with Crippen LogP contribution in [0.5, 0.6) is 0 Å². The molecule has 1 nitrogen and oxygen atoms in total. The third-order valence-electron chi connectivity index (χ3n) is 3.21. The van der Waals surface area contributed by atoms with Gasteiger partial charge in [-0.05, 0) is 18.1 Å². The maximum atomic E-state index is 12.5. The third-order valence-corrected chi connectivity index (χ3v) is 3.21. The van der Waals surface area contributed by atoms with Gasteiger partial charge in [0, 0.05) is 12.8 Å². The summed E-state index contributed by atoms with van der Waals surface area (Å²) in [7, 11) is 0. The van der Waals surface area contributed by atoms with Crippen molar-refractivity contribution in [2.45, 2.75) is 58.0 Å². The van der Waals surface area contributed by atoms with Gasteiger partial charge in [0.2, 0.25) is 0 Å². The standard InChI is InChI=1S/C16H21F3O/c1-2-3-4-5-6-10-15(20)12-13-8-7-9-14(11-13)16(17,18)19/h7-9,11H,2-6,10,12H2,1H3. The molecule has 0 spiro atoms. The van der Waals surface area contributed by atoms with Crippen molar-refractivity contribution in [3.63, 3.8) is 0 Å². The lowest BCUT2D eigenvalue weighted by atomic mass is 10.0. The van der Waals surface area contributed by atoms with Crippen molar-refractivity contribution in [3.8, 4) is 0 Å². The highest BCUT2D eigenvalue weighted by Crippen LogP contribution is 2.29. The van der Waals surface area contributed by atoms with E-state index < -0.39 is 11.7 Å². The monoisotopic (exact) mass is 286 g/mol. The first kappa shape index (κ1) is 16.7. The Morgan fingerprint density at radius 1 is 1.10 bits per heavy atom. The van der Waals surface area contributed by atoms with Gasteiger partial charge in [-0.1, -0.05) is 50.8 Å². The van der Waals surface area contributed by atoms with Crippen molar-refractivity contribution in [1.29, 1.82) is 0 Å². The molecule has 112 valence electrons. The van der Waals surface area contributed by atoms with E-state index in [0.717, 1.165) is 37.8 Å². The molecule has 0 heterocycles. The molecule has 1 aromatic rings. The number of benzene rings is 1. The van der Waals surface area contributed by atoms with E-state index in [1.54, 1.807) is 6.07 Å². The van der Waals surface area contributed by atoms with Gasteiger partial charge in [0.15, 0.2) is 0 Å². The van der Waals surface area contributed by atoms with Gasteiger partial charge in [0.1, 0.15) is 5.78 Å². The van der Waals surface area contributed by atoms with Crippen molar-refractivity contribution in [2.75, 3.05) is 0 Å². The lowest BCUT2D eigenvalue weighted by Gasteiger charge is -2.08. The number of alkyl halides is 3. The summed E-state index contributed by atoms with van der Waals surface area (Å²) >= 11 is 0. The number of hydrogen-bond donors (Lipinski definition) is 0. The Bertz CT molecular complexity index is 424. The van der Waals surface area contributed by atoms with Gasteiger partial charge < -0.3 is 0 Å². The molecule has 0 aromatic heterocycles. The van der Waals surface area contributed by atoms with Crippen LogP contribution >= 0.6 is 0 Å². The fourth-order valence-electron chi connectivity index (χ4n) is 2.10. The summed E-state index contributed by atoms with van der Waals surface area (Å²) in [6.07, 6.45) is 1.49. The van der Waals surface area contributed by atoms with E-state index in [-0.39, 0.29) is 12.2 Å². The second kappa shape index (κ2) is 8.08. The average molecular weight is 286 g/mol. The van der Waals surface area contributed by atoms with Crippen molar-refractivity contribution >= 4 is 5.78 Å².